The summed E-state index contributed by atoms with van der Waals surface area (Å²) >= 11 is 0. The Bertz CT molecular complexity index is 913. The summed E-state index contributed by atoms with van der Waals surface area (Å²) in [5, 5.41) is 3.06. The highest BCUT2D eigenvalue weighted by Gasteiger charge is 2.37. The van der Waals surface area contributed by atoms with Gasteiger partial charge in [0.05, 0.1) is 11.0 Å². The molecule has 2 amide bonds. The molecule has 2 bridgehead atoms. The van der Waals surface area contributed by atoms with Crippen LogP contribution in [0.25, 0.3) is 22.4 Å². The van der Waals surface area contributed by atoms with Gasteiger partial charge in [-0.3, -0.25) is 0 Å². The summed E-state index contributed by atoms with van der Waals surface area (Å²) in [6, 6.07) is 16.4. The molecule has 1 aliphatic heterocycles. The van der Waals surface area contributed by atoms with Gasteiger partial charge < -0.3 is 15.2 Å². The third kappa shape index (κ3) is 2.73. The molecule has 5 rings (SSSR count). The van der Waals surface area contributed by atoms with Gasteiger partial charge in [0.1, 0.15) is 5.82 Å². The fourth-order valence-electron chi connectivity index (χ4n) is 4.38. The van der Waals surface area contributed by atoms with Crippen molar-refractivity contribution in [2.24, 2.45) is 5.92 Å². The van der Waals surface area contributed by atoms with E-state index >= 15 is 0 Å². The van der Waals surface area contributed by atoms with Crippen molar-refractivity contribution in [2.45, 2.75) is 31.7 Å². The second-order valence-electron chi connectivity index (χ2n) is 7.45. The lowest BCUT2D eigenvalue weighted by Gasteiger charge is -2.24. The molecular formula is C21H22N4O. The summed E-state index contributed by atoms with van der Waals surface area (Å²) in [7, 11) is 0. The highest BCUT2D eigenvalue weighted by Crippen LogP contribution is 2.35. The van der Waals surface area contributed by atoms with E-state index in [4.69, 9.17) is 0 Å². The first kappa shape index (κ1) is 15.4. The zero-order valence-electron chi connectivity index (χ0n) is 14.6. The Labute approximate surface area is 152 Å². The largest absolute Gasteiger partial charge is 0.338 e. The number of hydrogen-bond acceptors (Lipinski definition) is 2. The molecule has 2 aliphatic rings. The van der Waals surface area contributed by atoms with E-state index in [0.717, 1.165) is 41.1 Å². The van der Waals surface area contributed by atoms with Crippen LogP contribution in [-0.4, -0.2) is 33.5 Å². The van der Waals surface area contributed by atoms with Gasteiger partial charge in [-0.15, -0.1) is 0 Å². The van der Waals surface area contributed by atoms with Gasteiger partial charge in [0.25, 0.3) is 0 Å². The zero-order chi connectivity index (χ0) is 17.5. The van der Waals surface area contributed by atoms with Gasteiger partial charge in [-0.2, -0.15) is 0 Å². The number of carbonyl (C=O) groups is 1. The number of rotatable bonds is 2. The van der Waals surface area contributed by atoms with Crippen molar-refractivity contribution in [3.63, 3.8) is 0 Å². The molecule has 26 heavy (non-hydrogen) atoms. The van der Waals surface area contributed by atoms with Crippen LogP contribution in [0.3, 0.4) is 0 Å². The summed E-state index contributed by atoms with van der Waals surface area (Å²) in [4.78, 5) is 22.6. The molecule has 1 aliphatic carbocycles. The Kier molecular flexibility index (Phi) is 3.66. The number of aromatic nitrogens is 2. The molecule has 2 aromatic carbocycles. The van der Waals surface area contributed by atoms with Crippen molar-refractivity contribution in [2.75, 3.05) is 11.9 Å². The Hall–Kier alpha value is -2.82. The summed E-state index contributed by atoms with van der Waals surface area (Å²) in [6.07, 6.45) is 4.85. The molecule has 2 N–H and O–H groups in total. The molecule has 2 heterocycles. The van der Waals surface area contributed by atoms with Gasteiger partial charge in [-0.05, 0) is 61.6 Å². The van der Waals surface area contributed by atoms with Crippen LogP contribution in [0.15, 0.2) is 48.5 Å². The number of benzene rings is 2. The number of hydrogen-bond donors (Lipinski definition) is 2. The molecule has 132 valence electrons. The summed E-state index contributed by atoms with van der Waals surface area (Å²) < 4.78 is 0. The molecule has 0 unspecified atom stereocenters. The van der Waals surface area contributed by atoms with E-state index in [9.17, 15) is 4.79 Å². The highest BCUT2D eigenvalue weighted by atomic mass is 16.2. The number of anilines is 1. The van der Waals surface area contributed by atoms with E-state index in [2.05, 4.69) is 15.3 Å². The fourth-order valence-corrected chi connectivity index (χ4v) is 4.38. The smallest absolute Gasteiger partial charge is 0.322 e. The minimum absolute atomic E-state index is 0.0379. The number of nitrogens with zero attached hydrogens (tertiary/aromatic N) is 2. The van der Waals surface area contributed by atoms with Gasteiger partial charge >= 0.3 is 6.03 Å². The van der Waals surface area contributed by atoms with Crippen molar-refractivity contribution >= 4 is 22.8 Å². The molecule has 0 radical (unpaired) electrons. The lowest BCUT2D eigenvalue weighted by molar-refractivity contribution is 0.204. The van der Waals surface area contributed by atoms with Crippen LogP contribution in [0.4, 0.5) is 10.5 Å². The SMILES string of the molecule is O=C(Nc1ccc(-c2nc3ccccc3[nH]2)cc1)N1C[C@@H]2CCC[C@H]1C2. The van der Waals surface area contributed by atoms with Crippen LogP contribution < -0.4 is 5.32 Å². The maximum absolute atomic E-state index is 12.6. The predicted octanol–water partition coefficient (Wildman–Crippen LogP) is 4.64. The number of fused-ring (bicyclic) bond motifs is 3. The molecule has 3 aromatic rings. The van der Waals surface area contributed by atoms with E-state index in [1.54, 1.807) is 0 Å². The second kappa shape index (κ2) is 6.16. The topological polar surface area (TPSA) is 61.0 Å². The lowest BCUT2D eigenvalue weighted by Crippen LogP contribution is -2.38. The monoisotopic (exact) mass is 346 g/mol. The van der Waals surface area contributed by atoms with Gasteiger partial charge in [0.2, 0.25) is 0 Å². The number of aromatic amines is 1. The number of imidazole rings is 1. The van der Waals surface area contributed by atoms with Gasteiger partial charge in [-0.1, -0.05) is 18.6 Å². The maximum atomic E-state index is 12.6. The first-order chi connectivity index (χ1) is 12.8. The van der Waals surface area contributed by atoms with Crippen LogP contribution in [-0.2, 0) is 0 Å². The van der Waals surface area contributed by atoms with Crippen LogP contribution in [0.2, 0.25) is 0 Å². The summed E-state index contributed by atoms with van der Waals surface area (Å²) in [5.74, 6) is 1.55. The van der Waals surface area contributed by atoms with Crippen LogP contribution in [0.5, 0.6) is 0 Å². The zero-order valence-corrected chi connectivity index (χ0v) is 14.6. The minimum Gasteiger partial charge on any atom is -0.338 e. The van der Waals surface area contributed by atoms with E-state index in [0.29, 0.717) is 12.0 Å². The number of nitrogens with one attached hydrogen (secondary N) is 2. The minimum atomic E-state index is 0.0379. The second-order valence-corrected chi connectivity index (χ2v) is 7.45. The fraction of sp³-hybridized carbons (Fsp3) is 0.333. The Balaban J connectivity index is 1.31. The molecule has 2 atom stereocenters. The Morgan fingerprint density at radius 1 is 1.12 bits per heavy atom. The van der Waals surface area contributed by atoms with Gasteiger partial charge in [-0.25, -0.2) is 9.78 Å². The third-order valence-corrected chi connectivity index (χ3v) is 5.71. The summed E-state index contributed by atoms with van der Waals surface area (Å²) in [6.45, 7) is 0.910. The molecule has 5 nitrogen and oxygen atoms in total. The summed E-state index contributed by atoms with van der Waals surface area (Å²) in [5.41, 5.74) is 3.83. The van der Waals surface area contributed by atoms with Crippen LogP contribution >= 0.6 is 0 Å². The predicted molar refractivity (Wildman–Crippen MR) is 103 cm³/mol. The van der Waals surface area contributed by atoms with Crippen molar-refractivity contribution < 1.29 is 4.79 Å². The normalized spacial score (nSPS) is 21.9. The molecule has 1 saturated carbocycles. The van der Waals surface area contributed by atoms with Crippen molar-refractivity contribution in [1.29, 1.82) is 0 Å². The Morgan fingerprint density at radius 3 is 2.77 bits per heavy atom. The number of amides is 2. The van der Waals surface area contributed by atoms with Crippen molar-refractivity contribution in [3.05, 3.63) is 48.5 Å². The lowest BCUT2D eigenvalue weighted by atomic mass is 9.91. The first-order valence-electron chi connectivity index (χ1n) is 9.39. The van der Waals surface area contributed by atoms with Gasteiger partial charge in [0.15, 0.2) is 0 Å². The third-order valence-electron chi connectivity index (χ3n) is 5.71. The maximum Gasteiger partial charge on any atom is 0.322 e. The molecule has 5 heteroatoms. The van der Waals surface area contributed by atoms with Crippen molar-refractivity contribution in [1.82, 2.24) is 14.9 Å². The van der Waals surface area contributed by atoms with E-state index < -0.39 is 0 Å². The van der Waals surface area contributed by atoms with Crippen LogP contribution in [0, 0.1) is 5.92 Å². The number of H-pyrrole nitrogens is 1. The quantitative estimate of drug-likeness (QED) is 0.710. The first-order valence-corrected chi connectivity index (χ1v) is 9.39. The number of urea groups is 1. The molecule has 0 spiro atoms. The number of carbonyl (C=O) groups excluding carboxylic acids is 1. The molecule has 2 fully saturated rings. The number of para-hydroxylation sites is 2. The molecule has 1 saturated heterocycles. The highest BCUT2D eigenvalue weighted by molar-refractivity contribution is 5.90. The van der Waals surface area contributed by atoms with Crippen molar-refractivity contribution in [3.8, 4) is 11.4 Å². The van der Waals surface area contributed by atoms with Crippen LogP contribution in [0.1, 0.15) is 25.7 Å². The van der Waals surface area contributed by atoms with E-state index in [-0.39, 0.29) is 6.03 Å². The number of likely N-dealkylation sites (tertiary alicyclic amines) is 1. The Morgan fingerprint density at radius 2 is 1.96 bits per heavy atom. The van der Waals surface area contributed by atoms with Gasteiger partial charge in [0, 0.05) is 23.8 Å². The average Bonchev–Trinajstić information content (AvgIpc) is 3.23. The standard InChI is InChI=1S/C21H22N4O/c26-21(25-13-14-4-3-5-17(25)12-14)22-16-10-8-15(9-11-16)20-23-18-6-1-2-7-19(18)24-20/h1-2,6-11,14,17H,3-5,12-13H2,(H,22,26)(H,23,24)/t14-,17+/m1/s1. The average molecular weight is 346 g/mol. The molecular weight excluding hydrogens is 324 g/mol. The van der Waals surface area contributed by atoms with E-state index in [1.807, 2.05) is 53.4 Å². The van der Waals surface area contributed by atoms with E-state index in [1.165, 1.54) is 19.3 Å². The molecule has 1 aromatic heterocycles.